The zero-order chi connectivity index (χ0) is 19.9. The molecule has 2 N–H and O–H groups in total. The van der Waals surface area contributed by atoms with Gasteiger partial charge in [-0.3, -0.25) is 4.98 Å². The van der Waals surface area contributed by atoms with Crippen molar-refractivity contribution < 1.29 is 0 Å². The van der Waals surface area contributed by atoms with Gasteiger partial charge < -0.3 is 10.6 Å². The van der Waals surface area contributed by atoms with Crippen LogP contribution >= 0.6 is 11.6 Å². The smallest absolute Gasteiger partial charge is 0.0737 e. The van der Waals surface area contributed by atoms with Crippen molar-refractivity contribution in [2.45, 2.75) is 57.0 Å². The number of aryl methyl sites for hydroxylation is 1. The quantitative estimate of drug-likeness (QED) is 0.435. The Hall–Kier alpha value is -2.10. The third kappa shape index (κ3) is 5.71. The van der Waals surface area contributed by atoms with Gasteiger partial charge in [0.15, 0.2) is 0 Å². The second kappa shape index (κ2) is 10.1. The van der Waals surface area contributed by atoms with E-state index in [0.29, 0.717) is 12.1 Å². The highest BCUT2D eigenvalue weighted by molar-refractivity contribution is 6.31. The Morgan fingerprint density at radius 2 is 1.69 bits per heavy atom. The molecule has 4 rings (SSSR count). The molecule has 0 bridgehead atoms. The maximum Gasteiger partial charge on any atom is 0.0737 e. The van der Waals surface area contributed by atoms with Crippen LogP contribution in [0.25, 0.3) is 10.9 Å². The van der Waals surface area contributed by atoms with E-state index < -0.39 is 0 Å². The van der Waals surface area contributed by atoms with E-state index in [0.717, 1.165) is 22.5 Å². The molecule has 0 radical (unpaired) electrons. The number of nitrogens with zero attached hydrogens (tertiary/aromatic N) is 1. The van der Waals surface area contributed by atoms with Crippen molar-refractivity contribution in [3.63, 3.8) is 0 Å². The van der Waals surface area contributed by atoms with Gasteiger partial charge in [0, 0.05) is 34.4 Å². The van der Waals surface area contributed by atoms with Crippen LogP contribution in [-0.4, -0.2) is 23.6 Å². The van der Waals surface area contributed by atoms with Crippen molar-refractivity contribution in [2.75, 3.05) is 11.9 Å². The van der Waals surface area contributed by atoms with Crippen LogP contribution in [0.15, 0.2) is 60.8 Å². The molecule has 0 unspecified atom stereocenters. The number of rotatable bonds is 8. The molecule has 0 spiro atoms. The number of hydrogen-bond acceptors (Lipinski definition) is 3. The van der Waals surface area contributed by atoms with E-state index >= 15 is 0 Å². The van der Waals surface area contributed by atoms with Crippen LogP contribution in [0.2, 0.25) is 5.02 Å². The Morgan fingerprint density at radius 1 is 0.897 bits per heavy atom. The molecule has 3 nitrogen and oxygen atoms in total. The normalized spacial score (nSPS) is 19.3. The van der Waals surface area contributed by atoms with E-state index in [1.807, 2.05) is 18.3 Å². The second-order valence-corrected chi connectivity index (χ2v) is 8.55. The standard InChI is InChI=1S/C25H30ClN3/c26-20-9-14-23-24(15-17-28-25(23)18-20)29-22-12-10-21(11-13-22)27-16-5-4-8-19-6-2-1-3-7-19/h1-3,6-7,9,14-15,17-18,21-22,27H,4-5,8,10-13,16H2,(H,28,29). The first-order chi connectivity index (χ1) is 14.3. The monoisotopic (exact) mass is 407 g/mol. The lowest BCUT2D eigenvalue weighted by molar-refractivity contribution is 0.352. The highest BCUT2D eigenvalue weighted by Gasteiger charge is 2.21. The molecule has 1 aromatic heterocycles. The minimum absolute atomic E-state index is 0.535. The van der Waals surface area contributed by atoms with Gasteiger partial charge in [-0.05, 0) is 81.3 Å². The van der Waals surface area contributed by atoms with Gasteiger partial charge in [0.1, 0.15) is 0 Å². The van der Waals surface area contributed by atoms with E-state index in [1.54, 1.807) is 0 Å². The Bertz CT molecular complexity index is 904. The van der Waals surface area contributed by atoms with Gasteiger partial charge in [0.2, 0.25) is 0 Å². The topological polar surface area (TPSA) is 37.0 Å². The lowest BCUT2D eigenvalue weighted by Gasteiger charge is -2.30. The summed E-state index contributed by atoms with van der Waals surface area (Å²) < 4.78 is 0. The molecule has 2 aromatic carbocycles. The first-order valence-corrected chi connectivity index (χ1v) is 11.2. The number of pyridine rings is 1. The zero-order valence-corrected chi connectivity index (χ0v) is 17.7. The maximum atomic E-state index is 6.10. The molecule has 4 heteroatoms. The van der Waals surface area contributed by atoms with Gasteiger partial charge in [0.05, 0.1) is 5.52 Å². The first kappa shape index (κ1) is 20.2. The van der Waals surface area contributed by atoms with Crippen molar-refractivity contribution in [3.05, 3.63) is 71.4 Å². The number of hydrogen-bond donors (Lipinski definition) is 2. The lowest BCUT2D eigenvalue weighted by atomic mass is 9.90. The summed E-state index contributed by atoms with van der Waals surface area (Å²) in [5.74, 6) is 0. The molecule has 1 aliphatic carbocycles. The summed E-state index contributed by atoms with van der Waals surface area (Å²) in [6.07, 6.45) is 10.5. The summed E-state index contributed by atoms with van der Waals surface area (Å²) >= 11 is 6.10. The predicted molar refractivity (Wildman–Crippen MR) is 124 cm³/mol. The molecule has 1 saturated carbocycles. The van der Waals surface area contributed by atoms with E-state index in [-0.39, 0.29) is 0 Å². The SMILES string of the molecule is Clc1ccc2c(NC3CCC(NCCCCc4ccccc4)CC3)ccnc2c1. The molecule has 0 amide bonds. The van der Waals surface area contributed by atoms with E-state index in [4.69, 9.17) is 11.6 Å². The van der Waals surface area contributed by atoms with E-state index in [9.17, 15) is 0 Å². The number of halogens is 1. The average molecular weight is 408 g/mol. The van der Waals surface area contributed by atoms with Crippen LogP contribution in [-0.2, 0) is 6.42 Å². The molecule has 0 atom stereocenters. The second-order valence-electron chi connectivity index (χ2n) is 8.11. The van der Waals surface area contributed by atoms with Gasteiger partial charge in [-0.25, -0.2) is 0 Å². The van der Waals surface area contributed by atoms with Gasteiger partial charge in [-0.1, -0.05) is 41.9 Å². The summed E-state index contributed by atoms with van der Waals surface area (Å²) in [7, 11) is 0. The summed E-state index contributed by atoms with van der Waals surface area (Å²) in [4.78, 5) is 4.44. The summed E-state index contributed by atoms with van der Waals surface area (Å²) in [6, 6.07) is 20.0. The van der Waals surface area contributed by atoms with Gasteiger partial charge >= 0.3 is 0 Å². The molecule has 0 saturated heterocycles. The third-order valence-electron chi connectivity index (χ3n) is 5.96. The Morgan fingerprint density at radius 3 is 2.52 bits per heavy atom. The highest BCUT2D eigenvalue weighted by Crippen LogP contribution is 2.28. The Labute approximate surface area is 178 Å². The van der Waals surface area contributed by atoms with E-state index in [1.165, 1.54) is 56.2 Å². The minimum atomic E-state index is 0.535. The fourth-order valence-electron chi connectivity index (χ4n) is 4.31. The summed E-state index contributed by atoms with van der Waals surface area (Å²) in [6.45, 7) is 1.13. The minimum Gasteiger partial charge on any atom is -0.382 e. The molecule has 0 aliphatic heterocycles. The maximum absolute atomic E-state index is 6.10. The van der Waals surface area contributed by atoms with Gasteiger partial charge in [-0.2, -0.15) is 0 Å². The summed E-state index contributed by atoms with van der Waals surface area (Å²) in [5.41, 5.74) is 3.57. The summed E-state index contributed by atoms with van der Waals surface area (Å²) in [5, 5.41) is 9.41. The molecular weight excluding hydrogens is 378 g/mol. The van der Waals surface area contributed by atoms with Crippen LogP contribution in [0.3, 0.4) is 0 Å². The van der Waals surface area contributed by atoms with Crippen LogP contribution in [0.4, 0.5) is 5.69 Å². The number of nitrogens with one attached hydrogen (secondary N) is 2. The van der Waals surface area contributed by atoms with E-state index in [2.05, 4.69) is 58.1 Å². The molecular formula is C25H30ClN3. The van der Waals surface area contributed by atoms with Crippen molar-refractivity contribution in [3.8, 4) is 0 Å². The first-order valence-electron chi connectivity index (χ1n) is 10.9. The van der Waals surface area contributed by atoms with Gasteiger partial charge in [-0.15, -0.1) is 0 Å². The fourth-order valence-corrected chi connectivity index (χ4v) is 4.48. The zero-order valence-electron chi connectivity index (χ0n) is 16.9. The fraction of sp³-hybridized carbons (Fsp3) is 0.400. The Kier molecular flexibility index (Phi) is 7.02. The van der Waals surface area contributed by atoms with Crippen molar-refractivity contribution in [1.29, 1.82) is 0 Å². The van der Waals surface area contributed by atoms with Crippen molar-refractivity contribution >= 4 is 28.2 Å². The lowest BCUT2D eigenvalue weighted by Crippen LogP contribution is -2.37. The highest BCUT2D eigenvalue weighted by atomic mass is 35.5. The number of fused-ring (bicyclic) bond motifs is 1. The molecule has 1 heterocycles. The van der Waals surface area contributed by atoms with Crippen LogP contribution in [0, 0.1) is 0 Å². The number of anilines is 1. The number of unbranched alkanes of at least 4 members (excludes halogenated alkanes) is 1. The van der Waals surface area contributed by atoms with Gasteiger partial charge in [0.25, 0.3) is 0 Å². The van der Waals surface area contributed by atoms with Crippen molar-refractivity contribution in [1.82, 2.24) is 10.3 Å². The van der Waals surface area contributed by atoms with Crippen LogP contribution < -0.4 is 10.6 Å². The largest absolute Gasteiger partial charge is 0.382 e. The van der Waals surface area contributed by atoms with Crippen LogP contribution in [0.5, 0.6) is 0 Å². The molecule has 1 aliphatic rings. The third-order valence-corrected chi connectivity index (χ3v) is 6.19. The average Bonchev–Trinajstić information content (AvgIpc) is 2.75. The molecule has 152 valence electrons. The number of benzene rings is 2. The number of aromatic nitrogens is 1. The van der Waals surface area contributed by atoms with Crippen LogP contribution in [0.1, 0.15) is 44.1 Å². The Balaban J connectivity index is 1.18. The van der Waals surface area contributed by atoms with Crippen molar-refractivity contribution in [2.24, 2.45) is 0 Å². The molecule has 3 aromatic rings. The predicted octanol–water partition coefficient (Wildman–Crippen LogP) is 6.22. The molecule has 29 heavy (non-hydrogen) atoms. The molecule has 1 fully saturated rings.